The highest BCUT2D eigenvalue weighted by Crippen LogP contribution is 2.16. The maximum absolute atomic E-state index is 12.4. The molecule has 0 radical (unpaired) electrons. The van der Waals surface area contributed by atoms with Crippen LogP contribution in [0.4, 0.5) is 0 Å². The number of hydrogen-bond acceptors (Lipinski definition) is 6. The smallest absolute Gasteiger partial charge is 0.338 e. The summed E-state index contributed by atoms with van der Waals surface area (Å²) < 4.78 is 30.4. The summed E-state index contributed by atoms with van der Waals surface area (Å²) >= 11 is 1.31. The summed E-state index contributed by atoms with van der Waals surface area (Å²) in [4.78, 5) is 29.2. The molecule has 9 heteroatoms. The number of nitrogens with zero attached hydrogens (tertiary/aromatic N) is 2. The first-order chi connectivity index (χ1) is 14.6. The van der Waals surface area contributed by atoms with Gasteiger partial charge in [-0.3, -0.25) is 4.79 Å². The van der Waals surface area contributed by atoms with Gasteiger partial charge in [0.05, 0.1) is 10.5 Å². The first-order valence-corrected chi connectivity index (χ1v) is 12.2. The zero-order chi connectivity index (χ0) is 22.6. The second-order valence-electron chi connectivity index (χ2n) is 7.13. The van der Waals surface area contributed by atoms with Crippen molar-refractivity contribution >= 4 is 33.1 Å². The van der Waals surface area contributed by atoms with E-state index in [4.69, 9.17) is 4.74 Å². The molecule has 7 nitrogen and oxygen atoms in total. The number of benzene rings is 2. The number of aryl methyl sites for hydroxylation is 2. The average molecular weight is 459 g/mol. The Morgan fingerprint density at radius 3 is 2.48 bits per heavy atom. The van der Waals surface area contributed by atoms with Gasteiger partial charge in [0.15, 0.2) is 21.2 Å². The fraction of sp³-hybridized carbons (Fsp3) is 0.227. The molecule has 0 bridgehead atoms. The van der Waals surface area contributed by atoms with E-state index >= 15 is 0 Å². The third-order valence-corrected chi connectivity index (χ3v) is 6.44. The van der Waals surface area contributed by atoms with Gasteiger partial charge in [-0.05, 0) is 37.1 Å². The van der Waals surface area contributed by atoms with Crippen LogP contribution in [0.3, 0.4) is 0 Å². The zero-order valence-electron chi connectivity index (χ0n) is 17.4. The Morgan fingerprint density at radius 1 is 1.10 bits per heavy atom. The molecule has 0 saturated heterocycles. The first kappa shape index (κ1) is 22.6. The molecule has 3 aromatic rings. The van der Waals surface area contributed by atoms with Gasteiger partial charge in [0.1, 0.15) is 0 Å². The van der Waals surface area contributed by atoms with E-state index in [0.717, 1.165) is 11.8 Å². The third-order valence-electron chi connectivity index (χ3n) is 4.54. The molecule has 162 valence electrons. The Labute approximate surface area is 184 Å². The van der Waals surface area contributed by atoms with Gasteiger partial charge in [0.25, 0.3) is 5.91 Å². The number of esters is 1. The fourth-order valence-corrected chi connectivity index (χ4v) is 4.18. The molecule has 1 heterocycles. The van der Waals surface area contributed by atoms with Crippen LogP contribution < -0.4 is 4.80 Å². The molecule has 0 fully saturated rings. The van der Waals surface area contributed by atoms with Crippen molar-refractivity contribution in [1.29, 1.82) is 0 Å². The van der Waals surface area contributed by atoms with Crippen LogP contribution in [0.1, 0.15) is 27.0 Å². The van der Waals surface area contributed by atoms with Gasteiger partial charge in [0.2, 0.25) is 0 Å². The number of sulfone groups is 1. The van der Waals surface area contributed by atoms with Crippen molar-refractivity contribution in [1.82, 2.24) is 4.57 Å². The number of carbonyl (C=O) groups excluding carboxylic acids is 2. The Morgan fingerprint density at radius 2 is 1.81 bits per heavy atom. The highest BCUT2D eigenvalue weighted by molar-refractivity contribution is 7.90. The van der Waals surface area contributed by atoms with Gasteiger partial charge in [-0.25, -0.2) is 13.2 Å². The van der Waals surface area contributed by atoms with Crippen LogP contribution in [0.5, 0.6) is 0 Å². The van der Waals surface area contributed by atoms with Crippen LogP contribution >= 0.6 is 11.3 Å². The second kappa shape index (κ2) is 9.40. The molecule has 1 amide bonds. The Kier molecular flexibility index (Phi) is 6.87. The largest absolute Gasteiger partial charge is 0.452 e. The maximum Gasteiger partial charge on any atom is 0.338 e. The van der Waals surface area contributed by atoms with Crippen LogP contribution in [-0.4, -0.2) is 37.7 Å². The highest BCUT2D eigenvalue weighted by atomic mass is 32.2. The summed E-state index contributed by atoms with van der Waals surface area (Å²) in [6.07, 6.45) is 2.89. The van der Waals surface area contributed by atoms with Gasteiger partial charge in [-0.15, -0.1) is 11.3 Å². The van der Waals surface area contributed by atoms with E-state index in [1.807, 2.05) is 47.3 Å². The Bertz CT molecular complexity index is 1290. The van der Waals surface area contributed by atoms with Crippen molar-refractivity contribution < 1.29 is 22.7 Å². The van der Waals surface area contributed by atoms with Crippen molar-refractivity contribution in [2.45, 2.75) is 25.3 Å². The summed E-state index contributed by atoms with van der Waals surface area (Å²) in [5, 5.41) is 1.83. The standard InChI is InChI=1S/C22H22N2O5S2/c1-15-4-7-17(8-5-15)13-24-10-11-30-22(24)23-20(25)14-29-21(26)19-12-18(31(3,27)28)9-6-16(19)2/h4-12H,13-14H2,1-3H3. The number of rotatable bonds is 6. The Balaban J connectivity index is 1.70. The molecule has 3 rings (SSSR count). The summed E-state index contributed by atoms with van der Waals surface area (Å²) in [6, 6.07) is 12.3. The normalized spacial score (nSPS) is 12.0. The maximum atomic E-state index is 12.4. The molecule has 0 spiro atoms. The Hall–Kier alpha value is -3.04. The molecule has 0 aliphatic heterocycles. The molecular weight excluding hydrogens is 436 g/mol. The summed E-state index contributed by atoms with van der Waals surface area (Å²) in [5.74, 6) is -1.38. The van der Waals surface area contributed by atoms with Gasteiger partial charge < -0.3 is 9.30 Å². The van der Waals surface area contributed by atoms with E-state index in [0.29, 0.717) is 16.9 Å². The monoisotopic (exact) mass is 458 g/mol. The highest BCUT2D eigenvalue weighted by Gasteiger charge is 2.16. The van der Waals surface area contributed by atoms with Crippen LogP contribution in [0.2, 0.25) is 0 Å². The third kappa shape index (κ3) is 5.99. The van der Waals surface area contributed by atoms with Gasteiger partial charge in [-0.2, -0.15) is 4.99 Å². The van der Waals surface area contributed by atoms with Crippen LogP contribution in [-0.2, 0) is 25.9 Å². The zero-order valence-corrected chi connectivity index (χ0v) is 19.0. The van der Waals surface area contributed by atoms with E-state index in [2.05, 4.69) is 4.99 Å². The average Bonchev–Trinajstić information content (AvgIpc) is 3.13. The summed E-state index contributed by atoms with van der Waals surface area (Å²) in [6.45, 7) is 3.70. The first-order valence-electron chi connectivity index (χ1n) is 9.38. The molecule has 0 unspecified atom stereocenters. The minimum absolute atomic E-state index is 0.0109. The topological polar surface area (TPSA) is 94.8 Å². The van der Waals surface area contributed by atoms with Gasteiger partial charge >= 0.3 is 5.97 Å². The number of thiazole rings is 1. The summed E-state index contributed by atoms with van der Waals surface area (Å²) in [7, 11) is -3.47. The number of amides is 1. The quantitative estimate of drug-likeness (QED) is 0.530. The molecule has 0 aliphatic carbocycles. The number of hydrogen-bond donors (Lipinski definition) is 0. The molecule has 0 aliphatic rings. The van der Waals surface area contributed by atoms with Crippen molar-refractivity contribution in [3.63, 3.8) is 0 Å². The lowest BCUT2D eigenvalue weighted by Gasteiger charge is -2.07. The predicted octanol–water partition coefficient (Wildman–Crippen LogP) is 2.90. The van der Waals surface area contributed by atoms with Crippen LogP contribution in [0, 0.1) is 13.8 Å². The minimum atomic E-state index is -3.47. The van der Waals surface area contributed by atoms with Crippen molar-refractivity contribution in [2.24, 2.45) is 4.99 Å². The van der Waals surface area contributed by atoms with E-state index in [1.165, 1.54) is 35.1 Å². The van der Waals surface area contributed by atoms with Crippen molar-refractivity contribution in [2.75, 3.05) is 12.9 Å². The molecule has 1 aromatic heterocycles. The lowest BCUT2D eigenvalue weighted by molar-refractivity contribution is -0.121. The second-order valence-corrected chi connectivity index (χ2v) is 10.0. The number of ether oxygens (including phenoxy) is 1. The lowest BCUT2D eigenvalue weighted by Crippen LogP contribution is -2.20. The van der Waals surface area contributed by atoms with E-state index in [-0.39, 0.29) is 10.5 Å². The number of carbonyl (C=O) groups is 2. The van der Waals surface area contributed by atoms with Crippen LogP contribution in [0.25, 0.3) is 0 Å². The van der Waals surface area contributed by atoms with Crippen molar-refractivity contribution in [3.8, 4) is 0 Å². The summed E-state index contributed by atoms with van der Waals surface area (Å²) in [5.41, 5.74) is 2.89. The van der Waals surface area contributed by atoms with Gasteiger partial charge in [0, 0.05) is 24.4 Å². The molecule has 2 aromatic carbocycles. The van der Waals surface area contributed by atoms with E-state index in [1.54, 1.807) is 6.92 Å². The predicted molar refractivity (Wildman–Crippen MR) is 118 cm³/mol. The molecule has 0 N–H and O–H groups in total. The van der Waals surface area contributed by atoms with Gasteiger partial charge in [-0.1, -0.05) is 35.9 Å². The fourth-order valence-electron chi connectivity index (χ4n) is 2.79. The molecular formula is C22H22N2O5S2. The molecule has 0 atom stereocenters. The lowest BCUT2D eigenvalue weighted by atomic mass is 10.1. The number of aromatic nitrogens is 1. The minimum Gasteiger partial charge on any atom is -0.452 e. The SMILES string of the molecule is Cc1ccc(Cn2ccsc2=NC(=O)COC(=O)c2cc(S(C)(=O)=O)ccc2C)cc1. The van der Waals surface area contributed by atoms with E-state index < -0.39 is 28.3 Å². The molecule has 31 heavy (non-hydrogen) atoms. The van der Waals surface area contributed by atoms with E-state index in [9.17, 15) is 18.0 Å². The van der Waals surface area contributed by atoms with Crippen molar-refractivity contribution in [3.05, 3.63) is 81.1 Å². The molecule has 0 saturated carbocycles. The van der Waals surface area contributed by atoms with Crippen LogP contribution in [0.15, 0.2) is 63.9 Å².